The normalized spacial score (nSPS) is 10.2. The molecule has 0 aliphatic carbocycles. The number of hydrogen-bond acceptors (Lipinski definition) is 5. The third-order valence-electron chi connectivity index (χ3n) is 4.00. The highest BCUT2D eigenvalue weighted by molar-refractivity contribution is 6.34. The molecule has 0 fully saturated rings. The van der Waals surface area contributed by atoms with Crippen LogP contribution < -0.4 is 5.32 Å². The lowest BCUT2D eigenvalue weighted by Gasteiger charge is -2.08. The summed E-state index contributed by atoms with van der Waals surface area (Å²) in [6.07, 6.45) is 0. The summed E-state index contributed by atoms with van der Waals surface area (Å²) in [5.74, 6) is -1.26. The summed E-state index contributed by atoms with van der Waals surface area (Å²) in [7, 11) is 0. The number of benzene rings is 3. The zero-order chi connectivity index (χ0) is 20.8. The minimum atomic E-state index is -0.644. The quantitative estimate of drug-likeness (QED) is 0.360. The third kappa shape index (κ3) is 5.18. The molecule has 29 heavy (non-hydrogen) atoms. The number of nitro groups is 1. The zero-order valence-corrected chi connectivity index (χ0v) is 15.8. The van der Waals surface area contributed by atoms with E-state index in [1.54, 1.807) is 24.3 Å². The first-order valence-electron chi connectivity index (χ1n) is 8.50. The van der Waals surface area contributed by atoms with E-state index in [0.717, 1.165) is 17.2 Å². The van der Waals surface area contributed by atoms with Crippen molar-refractivity contribution in [2.45, 2.75) is 0 Å². The molecule has 0 aliphatic heterocycles. The van der Waals surface area contributed by atoms with Crippen molar-refractivity contribution in [2.75, 3.05) is 11.9 Å². The third-order valence-corrected chi connectivity index (χ3v) is 4.31. The van der Waals surface area contributed by atoms with Gasteiger partial charge in [-0.15, -0.1) is 0 Å². The van der Waals surface area contributed by atoms with Gasteiger partial charge in [-0.25, -0.2) is 4.79 Å². The number of carbonyl (C=O) groups is 2. The van der Waals surface area contributed by atoms with E-state index in [2.05, 4.69) is 5.32 Å². The van der Waals surface area contributed by atoms with Crippen LogP contribution in [0.3, 0.4) is 0 Å². The molecule has 0 aliphatic rings. The van der Waals surface area contributed by atoms with E-state index in [4.69, 9.17) is 16.3 Å². The monoisotopic (exact) mass is 410 g/mol. The molecule has 0 saturated heterocycles. The number of nitro benzene ring substituents is 1. The predicted molar refractivity (Wildman–Crippen MR) is 109 cm³/mol. The Bertz CT molecular complexity index is 1050. The van der Waals surface area contributed by atoms with Gasteiger partial charge >= 0.3 is 5.97 Å². The fraction of sp³-hybridized carbons (Fsp3) is 0.0476. The van der Waals surface area contributed by atoms with E-state index in [-0.39, 0.29) is 16.4 Å². The van der Waals surface area contributed by atoms with E-state index in [1.807, 2.05) is 30.3 Å². The van der Waals surface area contributed by atoms with E-state index in [0.29, 0.717) is 5.56 Å². The fourth-order valence-corrected chi connectivity index (χ4v) is 2.77. The van der Waals surface area contributed by atoms with Gasteiger partial charge in [-0.2, -0.15) is 0 Å². The largest absolute Gasteiger partial charge is 0.452 e. The Labute approximate surface area is 171 Å². The van der Waals surface area contributed by atoms with Gasteiger partial charge in [0.15, 0.2) is 6.61 Å². The molecular weight excluding hydrogens is 396 g/mol. The number of hydrogen-bond donors (Lipinski definition) is 1. The van der Waals surface area contributed by atoms with Crippen LogP contribution in [-0.2, 0) is 9.53 Å². The molecule has 0 heterocycles. The van der Waals surface area contributed by atoms with Gasteiger partial charge in [0, 0.05) is 12.1 Å². The lowest BCUT2D eigenvalue weighted by Crippen LogP contribution is -2.21. The van der Waals surface area contributed by atoms with Crippen LogP contribution in [0.25, 0.3) is 11.1 Å². The Balaban J connectivity index is 1.56. The second-order valence-electron chi connectivity index (χ2n) is 5.99. The molecular formula is C21H15ClN2O5. The Morgan fingerprint density at radius 1 is 0.966 bits per heavy atom. The van der Waals surface area contributed by atoms with Crippen molar-refractivity contribution >= 4 is 34.9 Å². The number of halogens is 1. The average molecular weight is 411 g/mol. The summed E-state index contributed by atoms with van der Waals surface area (Å²) in [5, 5.41) is 13.2. The van der Waals surface area contributed by atoms with Crippen molar-refractivity contribution in [1.82, 2.24) is 0 Å². The summed E-state index contributed by atoms with van der Waals surface area (Å²) >= 11 is 5.91. The summed E-state index contributed by atoms with van der Waals surface area (Å²) in [6, 6.07) is 20.2. The average Bonchev–Trinajstić information content (AvgIpc) is 2.74. The number of ether oxygens (including phenoxy) is 1. The Morgan fingerprint density at radius 3 is 2.24 bits per heavy atom. The number of anilines is 1. The molecule has 1 N–H and O–H groups in total. The molecule has 0 aromatic heterocycles. The number of nitrogens with zero attached hydrogens (tertiary/aromatic N) is 1. The van der Waals surface area contributed by atoms with E-state index < -0.39 is 23.4 Å². The van der Waals surface area contributed by atoms with Crippen molar-refractivity contribution in [1.29, 1.82) is 0 Å². The molecule has 3 rings (SSSR count). The molecule has 3 aromatic carbocycles. The molecule has 146 valence electrons. The summed E-state index contributed by atoms with van der Waals surface area (Å²) in [6.45, 7) is -0.521. The number of esters is 1. The first-order chi connectivity index (χ1) is 13.9. The predicted octanol–water partition coefficient (Wildman–Crippen LogP) is 4.71. The molecule has 3 aromatic rings. The van der Waals surface area contributed by atoms with Gasteiger partial charge in [0.1, 0.15) is 0 Å². The minimum Gasteiger partial charge on any atom is -0.452 e. The van der Waals surface area contributed by atoms with Crippen LogP contribution in [0.1, 0.15) is 10.4 Å². The molecule has 0 atom stereocenters. The Morgan fingerprint density at radius 2 is 1.62 bits per heavy atom. The van der Waals surface area contributed by atoms with Gasteiger partial charge in [-0.1, -0.05) is 54.1 Å². The highest BCUT2D eigenvalue weighted by Crippen LogP contribution is 2.26. The van der Waals surface area contributed by atoms with Crippen LogP contribution >= 0.6 is 11.6 Å². The fourth-order valence-electron chi connectivity index (χ4n) is 2.55. The van der Waals surface area contributed by atoms with E-state index in [1.165, 1.54) is 12.1 Å². The number of rotatable bonds is 6. The van der Waals surface area contributed by atoms with Gasteiger partial charge in [-0.3, -0.25) is 14.9 Å². The summed E-state index contributed by atoms with van der Waals surface area (Å²) in [5.41, 5.74) is 2.27. The second kappa shape index (κ2) is 8.99. The molecule has 0 spiro atoms. The Hall–Kier alpha value is -3.71. The zero-order valence-electron chi connectivity index (χ0n) is 15.0. The van der Waals surface area contributed by atoms with E-state index >= 15 is 0 Å². The first-order valence-corrected chi connectivity index (χ1v) is 8.88. The lowest BCUT2D eigenvalue weighted by atomic mass is 10.0. The molecule has 0 radical (unpaired) electrons. The van der Waals surface area contributed by atoms with Crippen molar-refractivity contribution in [2.24, 2.45) is 0 Å². The van der Waals surface area contributed by atoms with Crippen LogP contribution in [0, 0.1) is 10.1 Å². The molecule has 0 saturated carbocycles. The van der Waals surface area contributed by atoms with Crippen molar-refractivity contribution < 1.29 is 19.2 Å². The lowest BCUT2D eigenvalue weighted by molar-refractivity contribution is -0.384. The molecule has 0 unspecified atom stereocenters. The van der Waals surface area contributed by atoms with Crippen LogP contribution in [0.15, 0.2) is 72.8 Å². The number of carbonyl (C=O) groups excluding carboxylic acids is 2. The maximum absolute atomic E-state index is 12.1. The van der Waals surface area contributed by atoms with Gasteiger partial charge < -0.3 is 10.1 Å². The Kier molecular flexibility index (Phi) is 6.21. The minimum absolute atomic E-state index is 0.00961. The first kappa shape index (κ1) is 20.0. The van der Waals surface area contributed by atoms with Crippen LogP contribution in [-0.4, -0.2) is 23.4 Å². The van der Waals surface area contributed by atoms with Gasteiger partial charge in [0.2, 0.25) is 0 Å². The molecule has 8 heteroatoms. The van der Waals surface area contributed by atoms with Crippen LogP contribution in [0.4, 0.5) is 11.4 Å². The summed E-state index contributed by atoms with van der Waals surface area (Å²) in [4.78, 5) is 34.2. The summed E-state index contributed by atoms with van der Waals surface area (Å²) < 4.78 is 5.01. The number of non-ortho nitro benzene ring substituents is 1. The van der Waals surface area contributed by atoms with Crippen molar-refractivity contribution in [3.63, 3.8) is 0 Å². The second-order valence-corrected chi connectivity index (χ2v) is 6.40. The molecule has 0 bridgehead atoms. The number of amides is 1. The van der Waals surface area contributed by atoms with E-state index in [9.17, 15) is 19.7 Å². The maximum atomic E-state index is 12.1. The highest BCUT2D eigenvalue weighted by atomic mass is 35.5. The van der Waals surface area contributed by atoms with Gasteiger partial charge in [0.05, 0.1) is 21.2 Å². The topological polar surface area (TPSA) is 98.5 Å². The van der Waals surface area contributed by atoms with Crippen molar-refractivity contribution in [3.05, 3.63) is 93.5 Å². The van der Waals surface area contributed by atoms with Crippen LogP contribution in [0.5, 0.6) is 0 Å². The highest BCUT2D eigenvalue weighted by Gasteiger charge is 2.14. The molecule has 1 amide bonds. The number of nitrogens with one attached hydrogen (secondary N) is 1. The molecule has 7 nitrogen and oxygen atoms in total. The smallest absolute Gasteiger partial charge is 0.338 e. The van der Waals surface area contributed by atoms with Crippen LogP contribution in [0.2, 0.25) is 5.02 Å². The van der Waals surface area contributed by atoms with Gasteiger partial charge in [0.25, 0.3) is 11.6 Å². The SMILES string of the molecule is O=C(COC(=O)c1ccc(-c2ccccc2)cc1)Nc1ccc([N+](=O)[O-])cc1Cl. The van der Waals surface area contributed by atoms with Gasteiger partial charge in [-0.05, 0) is 29.3 Å². The maximum Gasteiger partial charge on any atom is 0.338 e. The standard InChI is InChI=1S/C21H15ClN2O5/c22-18-12-17(24(27)28)10-11-19(18)23-20(25)13-29-21(26)16-8-6-15(7-9-16)14-4-2-1-3-5-14/h1-12H,13H2,(H,23,25). The van der Waals surface area contributed by atoms with Crippen molar-refractivity contribution in [3.8, 4) is 11.1 Å².